The molecule has 0 saturated carbocycles. The zero-order chi connectivity index (χ0) is 18.1. The molecule has 0 radical (unpaired) electrons. The number of carbonyl (C=O) groups is 2. The van der Waals surface area contributed by atoms with E-state index in [0.29, 0.717) is 24.6 Å². The van der Waals surface area contributed by atoms with Crippen LogP contribution in [-0.2, 0) is 4.79 Å². The average Bonchev–Trinajstić information content (AvgIpc) is 3.22. The van der Waals surface area contributed by atoms with Crippen LogP contribution in [0.1, 0.15) is 48.0 Å². The van der Waals surface area contributed by atoms with Gasteiger partial charge in [-0.2, -0.15) is 0 Å². The van der Waals surface area contributed by atoms with E-state index in [1.807, 2.05) is 21.9 Å². The molecule has 0 unspecified atom stereocenters. The lowest BCUT2D eigenvalue weighted by molar-refractivity contribution is -0.123. The van der Waals surface area contributed by atoms with E-state index in [2.05, 4.69) is 19.1 Å². The molecule has 3 heterocycles. The van der Waals surface area contributed by atoms with Crippen molar-refractivity contribution < 1.29 is 14.0 Å². The lowest BCUT2D eigenvalue weighted by atomic mass is 9.89. The standard InChI is InChI=1S/C21H24N2O3/c1-15-6-12-23(19-5-3-2-4-18(15)19)21(25)16-7-10-22(11-8-16)20(24)17-9-13-26-14-17/h2-5,9,13-16H,6-8,10-12H2,1H3/t15-/m1/s1. The van der Waals surface area contributed by atoms with E-state index >= 15 is 0 Å². The lowest BCUT2D eigenvalue weighted by Crippen LogP contribution is -2.46. The number of amides is 2. The van der Waals surface area contributed by atoms with E-state index in [9.17, 15) is 9.59 Å². The molecular formula is C21H24N2O3. The summed E-state index contributed by atoms with van der Waals surface area (Å²) < 4.78 is 5.00. The van der Waals surface area contributed by atoms with Crippen LogP contribution in [0.2, 0.25) is 0 Å². The Kier molecular flexibility index (Phi) is 4.53. The molecule has 5 nitrogen and oxygen atoms in total. The van der Waals surface area contributed by atoms with Gasteiger partial charge in [0.2, 0.25) is 5.91 Å². The Morgan fingerprint density at radius 3 is 2.54 bits per heavy atom. The van der Waals surface area contributed by atoms with Crippen molar-refractivity contribution in [3.63, 3.8) is 0 Å². The van der Waals surface area contributed by atoms with E-state index in [1.54, 1.807) is 6.07 Å². The van der Waals surface area contributed by atoms with Gasteiger partial charge in [-0.25, -0.2) is 0 Å². The van der Waals surface area contributed by atoms with Crippen molar-refractivity contribution in [1.82, 2.24) is 4.90 Å². The van der Waals surface area contributed by atoms with Gasteiger partial charge in [0.05, 0.1) is 11.8 Å². The number of para-hydroxylation sites is 1. The van der Waals surface area contributed by atoms with Crippen molar-refractivity contribution >= 4 is 17.5 Å². The quantitative estimate of drug-likeness (QED) is 0.829. The fourth-order valence-corrected chi connectivity index (χ4v) is 4.10. The van der Waals surface area contributed by atoms with E-state index in [1.165, 1.54) is 18.1 Å². The predicted molar refractivity (Wildman–Crippen MR) is 99.2 cm³/mol. The molecular weight excluding hydrogens is 328 g/mol. The lowest BCUT2D eigenvalue weighted by Gasteiger charge is -2.37. The first-order valence-electron chi connectivity index (χ1n) is 9.37. The van der Waals surface area contributed by atoms with Gasteiger partial charge in [0.15, 0.2) is 0 Å². The molecule has 2 aliphatic heterocycles. The van der Waals surface area contributed by atoms with Gasteiger partial charge in [0.25, 0.3) is 5.91 Å². The molecule has 2 aromatic rings. The molecule has 0 N–H and O–H groups in total. The molecule has 0 spiro atoms. The van der Waals surface area contributed by atoms with E-state index < -0.39 is 0 Å². The fraction of sp³-hybridized carbons (Fsp3) is 0.429. The first-order valence-corrected chi connectivity index (χ1v) is 9.37. The summed E-state index contributed by atoms with van der Waals surface area (Å²) in [7, 11) is 0. The van der Waals surface area contributed by atoms with E-state index in [0.717, 1.165) is 31.5 Å². The minimum absolute atomic E-state index is 0.00939. The summed E-state index contributed by atoms with van der Waals surface area (Å²) in [4.78, 5) is 29.3. The Labute approximate surface area is 153 Å². The van der Waals surface area contributed by atoms with Crippen LogP contribution < -0.4 is 4.90 Å². The highest BCUT2D eigenvalue weighted by Gasteiger charge is 2.34. The fourth-order valence-electron chi connectivity index (χ4n) is 4.10. The molecule has 1 atom stereocenters. The van der Waals surface area contributed by atoms with Crippen LogP contribution in [0.15, 0.2) is 47.3 Å². The number of benzene rings is 1. The first kappa shape index (κ1) is 16.9. The molecule has 26 heavy (non-hydrogen) atoms. The summed E-state index contributed by atoms with van der Waals surface area (Å²) in [6.45, 7) is 4.24. The predicted octanol–water partition coefficient (Wildman–Crippen LogP) is 3.67. The molecule has 136 valence electrons. The van der Waals surface area contributed by atoms with Crippen LogP contribution in [0.25, 0.3) is 0 Å². The Morgan fingerprint density at radius 2 is 1.81 bits per heavy atom. The number of rotatable bonds is 2. The van der Waals surface area contributed by atoms with Crippen LogP contribution in [0.4, 0.5) is 5.69 Å². The molecule has 1 aromatic heterocycles. The molecule has 5 heteroatoms. The average molecular weight is 352 g/mol. The number of anilines is 1. The number of hydrogen-bond acceptors (Lipinski definition) is 3. The number of hydrogen-bond donors (Lipinski definition) is 0. The van der Waals surface area contributed by atoms with Gasteiger partial charge < -0.3 is 14.2 Å². The van der Waals surface area contributed by atoms with E-state index in [-0.39, 0.29) is 17.7 Å². The monoisotopic (exact) mass is 352 g/mol. The van der Waals surface area contributed by atoms with Crippen LogP contribution in [0.3, 0.4) is 0 Å². The topological polar surface area (TPSA) is 53.8 Å². The van der Waals surface area contributed by atoms with Gasteiger partial charge in [-0.3, -0.25) is 9.59 Å². The third kappa shape index (κ3) is 3.02. The number of nitrogens with zero attached hydrogens (tertiary/aromatic N) is 2. The number of likely N-dealkylation sites (tertiary alicyclic amines) is 1. The summed E-state index contributed by atoms with van der Waals surface area (Å²) >= 11 is 0. The highest BCUT2D eigenvalue weighted by atomic mass is 16.3. The maximum atomic E-state index is 13.1. The van der Waals surface area contributed by atoms with Crippen molar-refractivity contribution in [2.75, 3.05) is 24.5 Å². The number of carbonyl (C=O) groups excluding carboxylic acids is 2. The summed E-state index contributed by atoms with van der Waals surface area (Å²) in [6, 6.07) is 9.92. The van der Waals surface area contributed by atoms with Gasteiger partial charge in [-0.1, -0.05) is 25.1 Å². The SMILES string of the molecule is C[C@@H]1CCN(C(=O)C2CCN(C(=O)c3ccoc3)CC2)c2ccccc21. The van der Waals surface area contributed by atoms with Crippen LogP contribution in [-0.4, -0.2) is 36.3 Å². The Bertz CT molecular complexity index is 791. The van der Waals surface area contributed by atoms with Crippen LogP contribution in [0, 0.1) is 5.92 Å². The Balaban J connectivity index is 1.43. The smallest absolute Gasteiger partial charge is 0.257 e. The second-order valence-electron chi connectivity index (χ2n) is 7.32. The minimum atomic E-state index is -0.0122. The zero-order valence-corrected chi connectivity index (χ0v) is 15.1. The van der Waals surface area contributed by atoms with Gasteiger partial charge in [0.1, 0.15) is 6.26 Å². The third-order valence-electron chi connectivity index (χ3n) is 5.71. The highest BCUT2D eigenvalue weighted by molar-refractivity contribution is 5.97. The summed E-state index contributed by atoms with van der Waals surface area (Å²) in [6.07, 6.45) is 5.43. The highest BCUT2D eigenvalue weighted by Crippen LogP contribution is 2.36. The van der Waals surface area contributed by atoms with Crippen LogP contribution >= 0.6 is 0 Å². The molecule has 2 aliphatic rings. The molecule has 1 aromatic carbocycles. The first-order chi connectivity index (χ1) is 12.6. The zero-order valence-electron chi connectivity index (χ0n) is 15.1. The van der Waals surface area contributed by atoms with Crippen LogP contribution in [0.5, 0.6) is 0 Å². The maximum Gasteiger partial charge on any atom is 0.257 e. The number of piperidine rings is 1. The van der Waals surface area contributed by atoms with Crippen molar-refractivity contribution in [3.05, 3.63) is 54.0 Å². The van der Waals surface area contributed by atoms with Crippen molar-refractivity contribution in [1.29, 1.82) is 0 Å². The van der Waals surface area contributed by atoms with Crippen molar-refractivity contribution in [2.45, 2.75) is 32.1 Å². The third-order valence-corrected chi connectivity index (χ3v) is 5.71. The maximum absolute atomic E-state index is 13.1. The number of furan rings is 1. The summed E-state index contributed by atoms with van der Waals surface area (Å²) in [5.74, 6) is 0.677. The second-order valence-corrected chi connectivity index (χ2v) is 7.32. The molecule has 0 aliphatic carbocycles. The van der Waals surface area contributed by atoms with Crippen molar-refractivity contribution in [3.8, 4) is 0 Å². The van der Waals surface area contributed by atoms with E-state index in [4.69, 9.17) is 4.42 Å². The van der Waals surface area contributed by atoms with Crippen molar-refractivity contribution in [2.24, 2.45) is 5.92 Å². The van der Waals surface area contributed by atoms with Gasteiger partial charge in [-0.15, -0.1) is 0 Å². The molecule has 2 amide bonds. The minimum Gasteiger partial charge on any atom is -0.472 e. The normalized spacial score (nSPS) is 20.7. The summed E-state index contributed by atoms with van der Waals surface area (Å²) in [5, 5.41) is 0. The molecule has 1 fully saturated rings. The second kappa shape index (κ2) is 6.98. The molecule has 4 rings (SSSR count). The van der Waals surface area contributed by atoms with Gasteiger partial charge in [0, 0.05) is 31.2 Å². The Hall–Kier alpha value is -2.56. The molecule has 0 bridgehead atoms. The van der Waals surface area contributed by atoms with Gasteiger partial charge in [-0.05, 0) is 42.9 Å². The number of fused-ring (bicyclic) bond motifs is 1. The van der Waals surface area contributed by atoms with Gasteiger partial charge >= 0.3 is 0 Å². The summed E-state index contributed by atoms with van der Waals surface area (Å²) in [5.41, 5.74) is 2.90. The Morgan fingerprint density at radius 1 is 1.04 bits per heavy atom. The molecule has 1 saturated heterocycles. The largest absolute Gasteiger partial charge is 0.472 e.